The van der Waals surface area contributed by atoms with Crippen molar-refractivity contribution in [2.45, 2.75) is 103 Å². The molecule has 2 aromatic carbocycles. The monoisotopic (exact) mass is 838 g/mol. The SMILES string of the molecule is C[C@@H]1CCC[C@H](C)N1c1nnc2ccc(O[C@@H]3CC[C@H](NC(=O)Nc4cc(C(C)(C)C)nn4-c4ccc(Cl)c(CCN5CCN(C)CC5)c4)c4ccccc43)cn12.O=CO. The number of piperazine rings is 1. The summed E-state index contributed by atoms with van der Waals surface area (Å²) in [6.07, 6.45) is 7.67. The van der Waals surface area contributed by atoms with Crippen LogP contribution in [0.1, 0.15) is 101 Å². The molecule has 0 saturated carbocycles. The molecule has 2 amide bonds. The summed E-state index contributed by atoms with van der Waals surface area (Å²) in [7, 11) is 2.17. The molecule has 4 atom stereocenters. The van der Waals surface area contributed by atoms with Crippen molar-refractivity contribution in [1.29, 1.82) is 0 Å². The van der Waals surface area contributed by atoms with Gasteiger partial charge in [-0.1, -0.05) is 56.6 Å². The van der Waals surface area contributed by atoms with Gasteiger partial charge in [0.15, 0.2) is 5.65 Å². The first-order valence-electron chi connectivity index (χ1n) is 21.2. The second-order valence-electron chi connectivity index (χ2n) is 17.4. The smallest absolute Gasteiger partial charge is 0.320 e. The number of carbonyl (C=O) groups excluding carboxylic acids is 1. The molecular formula is C45H59ClN10O4. The quantitative estimate of drug-likeness (QED) is 0.125. The Kier molecular flexibility index (Phi) is 13.3. The number of nitrogens with one attached hydrogen (secondary N) is 2. The van der Waals surface area contributed by atoms with Gasteiger partial charge in [0.25, 0.3) is 6.47 Å². The third-order valence-corrected chi connectivity index (χ3v) is 12.5. The average Bonchev–Trinajstić information content (AvgIpc) is 3.84. The normalized spacial score (nSPS) is 21.1. The maximum absolute atomic E-state index is 13.9. The van der Waals surface area contributed by atoms with Crippen molar-refractivity contribution in [3.63, 3.8) is 0 Å². The first-order valence-corrected chi connectivity index (χ1v) is 21.5. The lowest BCUT2D eigenvalue weighted by atomic mass is 9.85. The number of halogens is 1. The Morgan fingerprint density at radius 2 is 1.67 bits per heavy atom. The predicted molar refractivity (Wildman–Crippen MR) is 236 cm³/mol. The Balaban J connectivity index is 0.00000176. The number of carbonyl (C=O) groups is 2. The lowest BCUT2D eigenvalue weighted by Crippen LogP contribution is -2.45. The van der Waals surface area contributed by atoms with Crippen molar-refractivity contribution in [1.82, 2.24) is 39.5 Å². The number of benzene rings is 2. The number of hydrogen-bond donors (Lipinski definition) is 3. The van der Waals surface area contributed by atoms with Crippen LogP contribution in [-0.4, -0.2) is 104 Å². The molecule has 3 N–H and O–H groups in total. The summed E-state index contributed by atoms with van der Waals surface area (Å²) >= 11 is 6.74. The summed E-state index contributed by atoms with van der Waals surface area (Å²) in [4.78, 5) is 29.5. The molecule has 5 aromatic rings. The molecule has 3 aliphatic rings. The topological polar surface area (TPSA) is 145 Å². The van der Waals surface area contributed by atoms with Crippen LogP contribution in [0, 0.1) is 0 Å². The van der Waals surface area contributed by atoms with E-state index in [0.717, 1.165) is 115 Å². The Hall–Kier alpha value is -5.18. The molecule has 1 aliphatic carbocycles. The van der Waals surface area contributed by atoms with Crippen LogP contribution < -0.4 is 20.3 Å². The van der Waals surface area contributed by atoms with Gasteiger partial charge in [0.2, 0.25) is 5.95 Å². The van der Waals surface area contributed by atoms with E-state index in [0.29, 0.717) is 17.9 Å². The van der Waals surface area contributed by atoms with Crippen LogP contribution in [0.25, 0.3) is 11.3 Å². The van der Waals surface area contributed by atoms with E-state index in [1.165, 1.54) is 6.42 Å². The number of fused-ring (bicyclic) bond motifs is 2. The zero-order chi connectivity index (χ0) is 42.6. The number of amides is 2. The van der Waals surface area contributed by atoms with Crippen LogP contribution in [-0.2, 0) is 16.6 Å². The summed E-state index contributed by atoms with van der Waals surface area (Å²) in [5.74, 6) is 2.23. The number of hydrogen-bond acceptors (Lipinski definition) is 9. The maximum atomic E-state index is 13.9. The molecule has 0 spiro atoms. The lowest BCUT2D eigenvalue weighted by Gasteiger charge is -2.39. The number of aromatic nitrogens is 5. The summed E-state index contributed by atoms with van der Waals surface area (Å²) in [5.41, 5.74) is 5.51. The third kappa shape index (κ3) is 9.72. The van der Waals surface area contributed by atoms with E-state index in [1.54, 1.807) is 0 Å². The maximum Gasteiger partial charge on any atom is 0.320 e. The summed E-state index contributed by atoms with van der Waals surface area (Å²) in [6.45, 7) is 15.9. The average molecular weight is 839 g/mol. The molecule has 2 aliphatic heterocycles. The minimum absolute atomic E-state index is 0.168. The number of nitrogens with zero attached hydrogens (tertiary/aromatic N) is 8. The molecule has 0 radical (unpaired) electrons. The van der Waals surface area contributed by atoms with Crippen molar-refractivity contribution < 1.29 is 19.4 Å². The molecular weight excluding hydrogens is 780 g/mol. The molecule has 14 nitrogen and oxygen atoms in total. The Morgan fingerprint density at radius 1 is 0.950 bits per heavy atom. The number of anilines is 2. The van der Waals surface area contributed by atoms with Crippen molar-refractivity contribution in [2.75, 3.05) is 50.0 Å². The van der Waals surface area contributed by atoms with Crippen molar-refractivity contribution in [2.24, 2.45) is 0 Å². The van der Waals surface area contributed by atoms with Crippen molar-refractivity contribution >= 4 is 41.5 Å². The number of urea groups is 1. The van der Waals surface area contributed by atoms with Crippen LogP contribution in [0.4, 0.5) is 16.6 Å². The first-order chi connectivity index (χ1) is 28.8. The fourth-order valence-electron chi connectivity index (χ4n) is 8.69. The molecule has 3 aromatic heterocycles. The Bertz CT molecular complexity index is 2250. The van der Waals surface area contributed by atoms with E-state index >= 15 is 0 Å². The fraction of sp³-hybridized carbons (Fsp3) is 0.489. The van der Waals surface area contributed by atoms with Gasteiger partial charge in [-0.2, -0.15) is 5.10 Å². The molecule has 5 heterocycles. The zero-order valence-electron chi connectivity index (χ0n) is 35.6. The number of ether oxygens (including phenoxy) is 1. The van der Waals surface area contributed by atoms with E-state index in [2.05, 4.69) is 99.8 Å². The molecule has 8 rings (SSSR count). The van der Waals surface area contributed by atoms with Gasteiger partial charge in [-0.25, -0.2) is 9.48 Å². The minimum Gasteiger partial charge on any atom is -0.484 e. The van der Waals surface area contributed by atoms with Crippen LogP contribution in [0.2, 0.25) is 5.02 Å². The number of carboxylic acid groups (broad SMARTS) is 1. The van der Waals surface area contributed by atoms with Gasteiger partial charge < -0.3 is 29.9 Å². The standard InChI is InChI=1S/C44H57ClN10O2.CH2O2/c1-29-10-9-11-30(2)54(29)43-49-48-40-19-15-33(28-53(40)43)57-38-18-17-37(34-12-7-8-13-35(34)38)46-42(56)47-41-27-39(44(3,4)5)50-55(41)32-14-16-36(45)31(26-32)20-21-52-24-22-51(6)23-25-52;2-1-3/h7-8,12-16,19,26-30,37-38H,9-11,17-18,20-25H2,1-6H3,(H2,46,47,56);1H,(H,2,3)/t29-,30+,37-,38+;/m0./s1. The molecule has 0 bridgehead atoms. The van der Waals surface area contributed by atoms with Crippen molar-refractivity contribution in [3.05, 3.63) is 94.3 Å². The summed E-state index contributed by atoms with van der Waals surface area (Å²) in [6, 6.07) is 20.5. The molecule has 2 fully saturated rings. The van der Waals surface area contributed by atoms with Crippen LogP contribution in [0.3, 0.4) is 0 Å². The number of likely N-dealkylation sites (N-methyl/N-ethyl adjacent to an activating group) is 1. The number of rotatable bonds is 9. The summed E-state index contributed by atoms with van der Waals surface area (Å²) < 4.78 is 10.6. The van der Waals surface area contributed by atoms with E-state index in [-0.39, 0.29) is 30.1 Å². The lowest BCUT2D eigenvalue weighted by molar-refractivity contribution is -0.122. The molecule has 15 heteroatoms. The predicted octanol–water partition coefficient (Wildman–Crippen LogP) is 7.90. The first kappa shape index (κ1) is 42.9. The van der Waals surface area contributed by atoms with E-state index in [4.69, 9.17) is 31.3 Å². The molecule has 2 saturated heterocycles. The van der Waals surface area contributed by atoms with Crippen LogP contribution in [0.15, 0.2) is 66.9 Å². The second kappa shape index (κ2) is 18.6. The third-order valence-electron chi connectivity index (χ3n) is 12.1. The number of pyridine rings is 1. The highest BCUT2D eigenvalue weighted by Gasteiger charge is 2.32. The zero-order valence-corrected chi connectivity index (χ0v) is 36.4. The molecule has 0 unspecified atom stereocenters. The van der Waals surface area contributed by atoms with Gasteiger partial charge >= 0.3 is 6.03 Å². The van der Waals surface area contributed by atoms with Crippen LogP contribution in [0.5, 0.6) is 5.75 Å². The Labute approximate surface area is 357 Å². The second-order valence-corrected chi connectivity index (χ2v) is 17.9. The highest BCUT2D eigenvalue weighted by Crippen LogP contribution is 2.39. The van der Waals surface area contributed by atoms with E-state index in [9.17, 15) is 4.79 Å². The van der Waals surface area contributed by atoms with Gasteiger partial charge in [-0.05, 0) is 106 Å². The van der Waals surface area contributed by atoms with Gasteiger partial charge in [-0.3, -0.25) is 14.5 Å². The highest BCUT2D eigenvalue weighted by atomic mass is 35.5. The van der Waals surface area contributed by atoms with Gasteiger partial charge in [0, 0.05) is 61.3 Å². The van der Waals surface area contributed by atoms with Crippen molar-refractivity contribution in [3.8, 4) is 11.4 Å². The van der Waals surface area contributed by atoms with E-state index < -0.39 is 0 Å². The minimum atomic E-state index is -0.285. The van der Waals surface area contributed by atoms with Gasteiger partial charge in [0.05, 0.1) is 23.6 Å². The highest BCUT2D eigenvalue weighted by molar-refractivity contribution is 6.31. The largest absolute Gasteiger partial charge is 0.484 e. The summed E-state index contributed by atoms with van der Waals surface area (Å²) in [5, 5.41) is 28.2. The van der Waals surface area contributed by atoms with Gasteiger partial charge in [0.1, 0.15) is 17.7 Å². The number of piperidine rings is 1. The molecule has 60 heavy (non-hydrogen) atoms. The fourth-order valence-corrected chi connectivity index (χ4v) is 8.90. The van der Waals surface area contributed by atoms with Crippen LogP contribution >= 0.6 is 11.6 Å². The Morgan fingerprint density at radius 3 is 2.38 bits per heavy atom. The van der Waals surface area contributed by atoms with Gasteiger partial charge in [-0.15, -0.1) is 10.2 Å². The molecule has 320 valence electrons. The van der Waals surface area contributed by atoms with E-state index in [1.807, 2.05) is 53.3 Å².